The number of imide groups is 1. The van der Waals surface area contributed by atoms with Crippen molar-refractivity contribution in [1.82, 2.24) is 4.90 Å². The Hall–Kier alpha value is -2.78. The Balaban J connectivity index is 1.51. The molecule has 0 N–H and O–H groups in total. The van der Waals surface area contributed by atoms with Gasteiger partial charge in [0.05, 0.1) is 16.5 Å². The van der Waals surface area contributed by atoms with Gasteiger partial charge in [-0.15, -0.1) is 0 Å². The molecule has 0 saturated carbocycles. The maximum absolute atomic E-state index is 12.7. The van der Waals surface area contributed by atoms with Crippen LogP contribution in [-0.4, -0.2) is 24.5 Å². The molecule has 0 atom stereocenters. The molecule has 0 unspecified atom stereocenters. The maximum Gasteiger partial charge on any atom is 0.339 e. The molecule has 0 aromatic heterocycles. The normalized spacial score (nSPS) is 15.3. The number of hydrogen-bond acceptors (Lipinski definition) is 6. The summed E-state index contributed by atoms with van der Waals surface area (Å²) in [4.78, 5) is 26.4. The molecule has 3 aromatic rings. The number of hydrogen-bond donors (Lipinski definition) is 0. The van der Waals surface area contributed by atoms with Gasteiger partial charge >= 0.3 is 10.1 Å². The summed E-state index contributed by atoms with van der Waals surface area (Å²) >= 11 is 12.8. The van der Waals surface area contributed by atoms with Crippen LogP contribution >= 0.6 is 35.0 Å². The van der Waals surface area contributed by atoms with E-state index in [1.165, 1.54) is 47.4 Å². The molecule has 1 saturated heterocycles. The predicted molar refractivity (Wildman–Crippen MR) is 129 cm³/mol. The predicted octanol–water partition coefficient (Wildman–Crippen LogP) is 6.00. The van der Waals surface area contributed by atoms with Crippen LogP contribution in [0.4, 0.5) is 4.79 Å². The Kier molecular flexibility index (Phi) is 6.81. The van der Waals surface area contributed by atoms with Crippen LogP contribution in [0.2, 0.25) is 10.0 Å². The number of amides is 2. The van der Waals surface area contributed by atoms with Crippen LogP contribution in [0.3, 0.4) is 0 Å². The molecule has 1 aliphatic rings. The molecule has 168 valence electrons. The van der Waals surface area contributed by atoms with E-state index in [-0.39, 0.29) is 32.4 Å². The van der Waals surface area contributed by atoms with Gasteiger partial charge in [-0.2, -0.15) is 8.42 Å². The van der Waals surface area contributed by atoms with Gasteiger partial charge in [-0.3, -0.25) is 14.5 Å². The molecule has 33 heavy (non-hydrogen) atoms. The first-order chi connectivity index (χ1) is 15.7. The Labute approximate surface area is 204 Å². The van der Waals surface area contributed by atoms with Crippen LogP contribution in [0.5, 0.6) is 5.75 Å². The Morgan fingerprint density at radius 1 is 0.939 bits per heavy atom. The highest BCUT2D eigenvalue weighted by Crippen LogP contribution is 2.35. The van der Waals surface area contributed by atoms with E-state index < -0.39 is 16.0 Å². The molecule has 3 aromatic carbocycles. The van der Waals surface area contributed by atoms with E-state index in [1.54, 1.807) is 6.07 Å². The van der Waals surface area contributed by atoms with Crippen molar-refractivity contribution in [3.05, 3.63) is 98.9 Å². The summed E-state index contributed by atoms with van der Waals surface area (Å²) in [5.41, 5.74) is 1.36. The van der Waals surface area contributed by atoms with Gasteiger partial charge in [-0.25, -0.2) is 0 Å². The Bertz CT molecular complexity index is 1360. The molecule has 1 fully saturated rings. The monoisotopic (exact) mass is 519 g/mol. The third-order valence-electron chi connectivity index (χ3n) is 4.61. The SMILES string of the molecule is O=C1S/C(=C\c2ccc(OS(=O)(=O)c3ccc(Cl)cc3)c(Cl)c2)C(=O)N1Cc1ccccc1. The summed E-state index contributed by atoms with van der Waals surface area (Å²) in [7, 11) is -4.11. The highest BCUT2D eigenvalue weighted by Gasteiger charge is 2.35. The molecule has 6 nitrogen and oxygen atoms in total. The fourth-order valence-electron chi connectivity index (χ4n) is 3.00. The van der Waals surface area contributed by atoms with Crippen LogP contribution in [0, 0.1) is 0 Å². The molecule has 10 heteroatoms. The minimum Gasteiger partial charge on any atom is -0.377 e. The number of benzene rings is 3. The van der Waals surface area contributed by atoms with E-state index in [0.29, 0.717) is 10.6 Å². The smallest absolute Gasteiger partial charge is 0.339 e. The second-order valence-corrected chi connectivity index (χ2v) is 10.3. The molecule has 0 aliphatic carbocycles. The van der Waals surface area contributed by atoms with E-state index in [1.807, 2.05) is 30.3 Å². The van der Waals surface area contributed by atoms with Crippen molar-refractivity contribution in [3.63, 3.8) is 0 Å². The van der Waals surface area contributed by atoms with Gasteiger partial charge in [0.1, 0.15) is 4.90 Å². The van der Waals surface area contributed by atoms with Gasteiger partial charge in [-0.05, 0) is 65.4 Å². The number of carbonyl (C=O) groups is 2. The molecular weight excluding hydrogens is 505 g/mol. The minimum atomic E-state index is -4.11. The summed E-state index contributed by atoms with van der Waals surface area (Å²) in [6, 6.07) is 19.1. The summed E-state index contributed by atoms with van der Waals surface area (Å²) < 4.78 is 30.1. The second kappa shape index (κ2) is 9.61. The van der Waals surface area contributed by atoms with Crippen molar-refractivity contribution in [2.75, 3.05) is 0 Å². The summed E-state index contributed by atoms with van der Waals surface area (Å²) in [5, 5.41) is 0.0598. The second-order valence-electron chi connectivity index (χ2n) is 6.93. The maximum atomic E-state index is 12.7. The summed E-state index contributed by atoms with van der Waals surface area (Å²) in [6.45, 7) is 0.180. The van der Waals surface area contributed by atoms with Gasteiger partial charge in [0.15, 0.2) is 5.75 Å². The average Bonchev–Trinajstić information content (AvgIpc) is 3.04. The average molecular weight is 520 g/mol. The highest BCUT2D eigenvalue weighted by molar-refractivity contribution is 8.18. The number of halogens is 2. The minimum absolute atomic E-state index is 0.0322. The molecule has 1 aliphatic heterocycles. The first-order valence-electron chi connectivity index (χ1n) is 9.52. The van der Waals surface area contributed by atoms with Crippen molar-refractivity contribution in [2.24, 2.45) is 0 Å². The lowest BCUT2D eigenvalue weighted by molar-refractivity contribution is -0.123. The van der Waals surface area contributed by atoms with Gasteiger partial charge in [0.2, 0.25) is 0 Å². The first kappa shape index (κ1) is 23.4. The summed E-state index contributed by atoms with van der Waals surface area (Å²) in [5.74, 6) is -0.475. The van der Waals surface area contributed by atoms with Crippen LogP contribution in [-0.2, 0) is 21.5 Å². The molecule has 0 radical (unpaired) electrons. The lowest BCUT2D eigenvalue weighted by Gasteiger charge is -2.12. The quantitative estimate of drug-likeness (QED) is 0.293. The molecule has 0 spiro atoms. The van der Waals surface area contributed by atoms with E-state index >= 15 is 0 Å². The van der Waals surface area contributed by atoms with Gasteiger partial charge in [0, 0.05) is 5.02 Å². The third-order valence-corrected chi connectivity index (χ3v) is 7.32. The molecule has 2 amide bonds. The number of carbonyl (C=O) groups excluding carboxylic acids is 2. The zero-order chi connectivity index (χ0) is 23.6. The van der Waals surface area contributed by atoms with E-state index in [9.17, 15) is 18.0 Å². The lowest BCUT2D eigenvalue weighted by Crippen LogP contribution is -2.27. The van der Waals surface area contributed by atoms with Crippen LogP contribution < -0.4 is 4.18 Å². The largest absolute Gasteiger partial charge is 0.377 e. The van der Waals surface area contributed by atoms with Crippen molar-refractivity contribution >= 4 is 62.3 Å². The van der Waals surface area contributed by atoms with E-state index in [2.05, 4.69) is 0 Å². The fourth-order valence-corrected chi connectivity index (χ4v) is 5.18. The standard InChI is InChI=1S/C23H15Cl2NO5S2/c24-17-7-9-18(10-8-17)33(29,30)31-20-11-6-16(12-19(20)25)13-21-22(27)26(23(28)32-21)14-15-4-2-1-3-5-15/h1-13H,14H2/b21-13-. The van der Waals surface area contributed by atoms with Gasteiger partial charge in [-0.1, -0.05) is 59.6 Å². The molecule has 0 bridgehead atoms. The van der Waals surface area contributed by atoms with Crippen molar-refractivity contribution < 1.29 is 22.2 Å². The van der Waals surface area contributed by atoms with Gasteiger partial charge < -0.3 is 4.18 Å². The van der Waals surface area contributed by atoms with Gasteiger partial charge in [0.25, 0.3) is 11.1 Å². The number of nitrogens with zero attached hydrogens (tertiary/aromatic N) is 1. The molecule has 1 heterocycles. The van der Waals surface area contributed by atoms with Crippen LogP contribution in [0.1, 0.15) is 11.1 Å². The topological polar surface area (TPSA) is 80.8 Å². The van der Waals surface area contributed by atoms with E-state index in [0.717, 1.165) is 17.3 Å². The third kappa shape index (κ3) is 5.42. The molecular formula is C23H15Cl2NO5S2. The highest BCUT2D eigenvalue weighted by atomic mass is 35.5. The summed E-state index contributed by atoms with van der Waals surface area (Å²) in [6.07, 6.45) is 1.53. The lowest BCUT2D eigenvalue weighted by atomic mass is 10.2. The zero-order valence-corrected chi connectivity index (χ0v) is 19.9. The number of rotatable bonds is 6. The number of thioether (sulfide) groups is 1. The van der Waals surface area contributed by atoms with Crippen molar-refractivity contribution in [1.29, 1.82) is 0 Å². The van der Waals surface area contributed by atoms with E-state index in [4.69, 9.17) is 27.4 Å². The first-order valence-corrected chi connectivity index (χ1v) is 12.5. The van der Waals surface area contributed by atoms with Crippen molar-refractivity contribution in [2.45, 2.75) is 11.4 Å². The van der Waals surface area contributed by atoms with Crippen molar-refractivity contribution in [3.8, 4) is 5.75 Å². The Morgan fingerprint density at radius 2 is 1.64 bits per heavy atom. The fraction of sp³-hybridized carbons (Fsp3) is 0.0435. The molecule has 4 rings (SSSR count). The van der Waals surface area contributed by atoms with Crippen LogP contribution in [0.15, 0.2) is 82.6 Å². The van der Waals surface area contributed by atoms with Crippen LogP contribution in [0.25, 0.3) is 6.08 Å². The zero-order valence-electron chi connectivity index (χ0n) is 16.8. The Morgan fingerprint density at radius 3 is 2.30 bits per heavy atom.